The van der Waals surface area contributed by atoms with Crippen molar-refractivity contribution < 1.29 is 9.59 Å². The molecule has 1 saturated heterocycles. The third-order valence-corrected chi connectivity index (χ3v) is 4.82. The number of hydrogen-bond donors (Lipinski definition) is 1. The van der Waals surface area contributed by atoms with Crippen LogP contribution in [-0.2, 0) is 0 Å². The first kappa shape index (κ1) is 16.0. The van der Waals surface area contributed by atoms with E-state index in [9.17, 15) is 9.59 Å². The zero-order valence-corrected chi connectivity index (χ0v) is 13.6. The van der Waals surface area contributed by atoms with E-state index in [1.165, 1.54) is 25.7 Å². The lowest BCUT2D eigenvalue weighted by molar-refractivity contribution is 0.0792. The second kappa shape index (κ2) is 7.57. The predicted octanol–water partition coefficient (Wildman–Crippen LogP) is 2.77. The lowest BCUT2D eigenvalue weighted by Gasteiger charge is -2.17. The molecule has 0 spiro atoms. The Morgan fingerprint density at radius 1 is 1.04 bits per heavy atom. The van der Waals surface area contributed by atoms with Crippen molar-refractivity contribution in [3.63, 3.8) is 0 Å². The average molecular weight is 315 g/mol. The maximum atomic E-state index is 12.4. The van der Waals surface area contributed by atoms with Crippen molar-refractivity contribution in [2.24, 2.45) is 0 Å². The van der Waals surface area contributed by atoms with Gasteiger partial charge in [0.1, 0.15) is 5.69 Å². The minimum absolute atomic E-state index is 0.00779. The van der Waals surface area contributed by atoms with Gasteiger partial charge >= 0.3 is 0 Å². The van der Waals surface area contributed by atoms with Crippen LogP contribution in [0.15, 0.2) is 18.3 Å². The maximum Gasteiger partial charge on any atom is 0.270 e. The van der Waals surface area contributed by atoms with Crippen LogP contribution in [0.5, 0.6) is 0 Å². The molecule has 1 saturated carbocycles. The number of rotatable bonds is 3. The van der Waals surface area contributed by atoms with Crippen LogP contribution in [0.4, 0.5) is 0 Å². The van der Waals surface area contributed by atoms with Gasteiger partial charge in [0.2, 0.25) is 0 Å². The van der Waals surface area contributed by atoms with Crippen LogP contribution in [0.25, 0.3) is 0 Å². The Hall–Kier alpha value is -1.91. The Bertz CT molecular complexity index is 559. The second-order valence-corrected chi connectivity index (χ2v) is 6.59. The molecule has 23 heavy (non-hydrogen) atoms. The molecule has 2 heterocycles. The molecule has 3 rings (SSSR count). The zero-order valence-electron chi connectivity index (χ0n) is 13.6. The van der Waals surface area contributed by atoms with E-state index in [1.807, 2.05) is 4.90 Å². The van der Waals surface area contributed by atoms with Crippen molar-refractivity contribution >= 4 is 11.8 Å². The van der Waals surface area contributed by atoms with E-state index >= 15 is 0 Å². The highest BCUT2D eigenvalue weighted by atomic mass is 16.2. The molecular weight excluding hydrogens is 290 g/mol. The van der Waals surface area contributed by atoms with Crippen molar-refractivity contribution in [3.8, 4) is 0 Å². The largest absolute Gasteiger partial charge is 0.348 e. The van der Waals surface area contributed by atoms with Crippen LogP contribution in [0.2, 0.25) is 0 Å². The minimum atomic E-state index is -0.159. The Kier molecular flexibility index (Phi) is 5.26. The van der Waals surface area contributed by atoms with Crippen molar-refractivity contribution in [3.05, 3.63) is 29.6 Å². The van der Waals surface area contributed by atoms with Gasteiger partial charge in [-0.05, 0) is 37.8 Å². The van der Waals surface area contributed by atoms with Crippen LogP contribution in [0.1, 0.15) is 72.2 Å². The van der Waals surface area contributed by atoms with E-state index in [-0.39, 0.29) is 17.9 Å². The summed E-state index contributed by atoms with van der Waals surface area (Å²) in [5, 5.41) is 3.08. The summed E-state index contributed by atoms with van der Waals surface area (Å²) in [5.41, 5.74) is 0.909. The first-order valence-electron chi connectivity index (χ1n) is 8.80. The molecule has 1 aromatic rings. The van der Waals surface area contributed by atoms with E-state index in [2.05, 4.69) is 10.3 Å². The Morgan fingerprint density at radius 2 is 1.74 bits per heavy atom. The average Bonchev–Trinajstić information content (AvgIpc) is 3.00. The number of hydrogen-bond acceptors (Lipinski definition) is 3. The van der Waals surface area contributed by atoms with Crippen LogP contribution >= 0.6 is 0 Å². The third-order valence-electron chi connectivity index (χ3n) is 4.82. The molecule has 5 nitrogen and oxygen atoms in total. The highest BCUT2D eigenvalue weighted by molar-refractivity contribution is 5.98. The molecule has 0 aromatic carbocycles. The van der Waals surface area contributed by atoms with Crippen LogP contribution in [0.3, 0.4) is 0 Å². The quantitative estimate of drug-likeness (QED) is 0.872. The molecule has 2 fully saturated rings. The standard InChI is InChI=1S/C18H25N3O2/c22-17(20-15-7-3-1-2-4-8-15)16-13-14(9-10-19-16)18(23)21-11-5-6-12-21/h9-10,13,15H,1-8,11-12H2,(H,20,22). The smallest absolute Gasteiger partial charge is 0.270 e. The molecule has 2 amide bonds. The van der Waals surface area contributed by atoms with Crippen molar-refractivity contribution in [1.82, 2.24) is 15.2 Å². The lowest BCUT2D eigenvalue weighted by Crippen LogP contribution is -2.35. The van der Waals surface area contributed by atoms with Gasteiger partial charge < -0.3 is 10.2 Å². The molecule has 1 N–H and O–H groups in total. The molecule has 2 aliphatic rings. The van der Waals surface area contributed by atoms with E-state index in [1.54, 1.807) is 18.3 Å². The molecule has 1 aliphatic carbocycles. The monoisotopic (exact) mass is 315 g/mol. The Labute approximate surface area is 137 Å². The molecule has 124 valence electrons. The van der Waals surface area contributed by atoms with Crippen LogP contribution < -0.4 is 5.32 Å². The molecule has 5 heteroatoms. The van der Waals surface area contributed by atoms with E-state index in [0.717, 1.165) is 38.8 Å². The number of pyridine rings is 1. The SMILES string of the molecule is O=C(NC1CCCCCC1)c1cc(C(=O)N2CCCC2)ccn1. The first-order valence-corrected chi connectivity index (χ1v) is 8.80. The third kappa shape index (κ3) is 4.09. The zero-order chi connectivity index (χ0) is 16.1. The Balaban J connectivity index is 1.66. The van der Waals surface area contributed by atoms with Gasteiger partial charge in [-0.15, -0.1) is 0 Å². The molecule has 0 atom stereocenters. The fourth-order valence-electron chi connectivity index (χ4n) is 3.47. The summed E-state index contributed by atoms with van der Waals surface area (Å²) in [4.78, 5) is 30.9. The highest BCUT2D eigenvalue weighted by Gasteiger charge is 2.21. The summed E-state index contributed by atoms with van der Waals surface area (Å²) in [7, 11) is 0. The lowest BCUT2D eigenvalue weighted by atomic mass is 10.1. The van der Waals surface area contributed by atoms with Gasteiger partial charge in [0.05, 0.1) is 0 Å². The van der Waals surface area contributed by atoms with Crippen molar-refractivity contribution in [1.29, 1.82) is 0 Å². The van der Waals surface area contributed by atoms with Crippen molar-refractivity contribution in [2.75, 3.05) is 13.1 Å². The van der Waals surface area contributed by atoms with Gasteiger partial charge in [-0.2, -0.15) is 0 Å². The van der Waals surface area contributed by atoms with E-state index in [0.29, 0.717) is 11.3 Å². The number of nitrogens with zero attached hydrogens (tertiary/aromatic N) is 2. The minimum Gasteiger partial charge on any atom is -0.348 e. The molecule has 0 bridgehead atoms. The van der Waals surface area contributed by atoms with E-state index < -0.39 is 0 Å². The number of amides is 2. The van der Waals surface area contributed by atoms with Gasteiger partial charge in [0.15, 0.2) is 0 Å². The number of aromatic nitrogens is 1. The summed E-state index contributed by atoms with van der Waals surface area (Å²) < 4.78 is 0. The number of nitrogens with one attached hydrogen (secondary N) is 1. The summed E-state index contributed by atoms with van der Waals surface area (Å²) >= 11 is 0. The van der Waals surface area contributed by atoms with Gasteiger partial charge in [-0.25, -0.2) is 0 Å². The second-order valence-electron chi connectivity index (χ2n) is 6.59. The van der Waals surface area contributed by atoms with Crippen LogP contribution in [-0.4, -0.2) is 40.8 Å². The fraction of sp³-hybridized carbons (Fsp3) is 0.611. The van der Waals surface area contributed by atoms with Gasteiger partial charge in [0, 0.05) is 30.9 Å². The highest BCUT2D eigenvalue weighted by Crippen LogP contribution is 2.18. The molecule has 0 radical (unpaired) electrons. The molecule has 1 aromatic heterocycles. The summed E-state index contributed by atoms with van der Waals surface area (Å²) in [5.74, 6) is -0.151. The van der Waals surface area contributed by atoms with Gasteiger partial charge in [-0.3, -0.25) is 14.6 Å². The molecule has 0 unspecified atom stereocenters. The summed E-state index contributed by atoms with van der Waals surface area (Å²) in [6.07, 6.45) is 10.6. The van der Waals surface area contributed by atoms with Gasteiger partial charge in [-0.1, -0.05) is 25.7 Å². The van der Waals surface area contributed by atoms with Gasteiger partial charge in [0.25, 0.3) is 11.8 Å². The maximum absolute atomic E-state index is 12.4. The normalized spacial score (nSPS) is 19.4. The number of likely N-dealkylation sites (tertiary alicyclic amines) is 1. The topological polar surface area (TPSA) is 62.3 Å². The van der Waals surface area contributed by atoms with E-state index in [4.69, 9.17) is 0 Å². The van der Waals surface area contributed by atoms with Crippen molar-refractivity contribution in [2.45, 2.75) is 57.4 Å². The van der Waals surface area contributed by atoms with Crippen LogP contribution in [0, 0.1) is 0 Å². The summed E-state index contributed by atoms with van der Waals surface area (Å²) in [6.45, 7) is 1.62. The predicted molar refractivity (Wildman–Crippen MR) is 88.3 cm³/mol. The Morgan fingerprint density at radius 3 is 2.43 bits per heavy atom. The molecule has 1 aliphatic heterocycles. The number of carbonyl (C=O) groups excluding carboxylic acids is 2. The molecular formula is C18H25N3O2. The summed E-state index contributed by atoms with van der Waals surface area (Å²) in [6, 6.07) is 3.57. The first-order chi connectivity index (χ1) is 11.2. The fourth-order valence-corrected chi connectivity index (χ4v) is 3.47. The number of carbonyl (C=O) groups is 2.